The van der Waals surface area contributed by atoms with Gasteiger partial charge in [-0.25, -0.2) is 0 Å². The van der Waals surface area contributed by atoms with E-state index in [0.29, 0.717) is 29.4 Å². The molecule has 8 nitrogen and oxygen atoms in total. The minimum absolute atomic E-state index is 0.303. The molecule has 158 valence electrons. The lowest BCUT2D eigenvalue weighted by Crippen LogP contribution is -2.46. The summed E-state index contributed by atoms with van der Waals surface area (Å²) < 4.78 is 16.3. The summed E-state index contributed by atoms with van der Waals surface area (Å²) in [6.07, 6.45) is 3.19. The number of nitrogens with one attached hydrogen (secondary N) is 1. The molecule has 0 amide bonds. The fourth-order valence-corrected chi connectivity index (χ4v) is 3.44. The number of aromatic nitrogens is 2. The number of ether oxygens (including phenoxy) is 2. The molecular weight excluding hydrogens is 394 g/mol. The van der Waals surface area contributed by atoms with E-state index in [0.717, 1.165) is 57.1 Å². The number of hydrogen-bond acceptors (Lipinski definition) is 6. The van der Waals surface area contributed by atoms with Gasteiger partial charge in [-0.2, -0.15) is 4.98 Å². The molecule has 3 rings (SSSR count). The summed E-state index contributed by atoms with van der Waals surface area (Å²) in [6, 6.07) is 7.38. The summed E-state index contributed by atoms with van der Waals surface area (Å²) in [5, 5.41) is 7.97. The average Bonchev–Trinajstić information content (AvgIpc) is 3.22. The number of benzene rings is 1. The molecule has 0 radical (unpaired) electrons. The third-order valence-corrected chi connectivity index (χ3v) is 4.98. The first-order valence-electron chi connectivity index (χ1n) is 9.84. The van der Waals surface area contributed by atoms with Crippen LogP contribution in [-0.4, -0.2) is 67.6 Å². The van der Waals surface area contributed by atoms with Crippen LogP contribution < -0.4 is 5.32 Å². The van der Waals surface area contributed by atoms with E-state index in [4.69, 9.17) is 25.6 Å². The van der Waals surface area contributed by atoms with Crippen molar-refractivity contribution in [2.45, 2.75) is 31.9 Å². The third-order valence-electron chi connectivity index (χ3n) is 4.75. The molecule has 0 saturated carbocycles. The van der Waals surface area contributed by atoms with Gasteiger partial charge in [0.05, 0.1) is 12.6 Å². The van der Waals surface area contributed by atoms with Gasteiger partial charge in [0, 0.05) is 51.0 Å². The standard InChI is InChI=1S/C20H28ClN5O3/c1-22-20(26-9-7-17(8-10-26)28-12-4-11-27-2)23-14-18-24-19(25-29-18)15-5-3-6-16(21)13-15/h3,5-6,13,17H,4,7-12,14H2,1-2H3,(H,22,23). The zero-order chi connectivity index (χ0) is 20.5. The van der Waals surface area contributed by atoms with Crippen LogP contribution in [0.4, 0.5) is 0 Å². The Balaban J connectivity index is 1.45. The molecule has 1 fully saturated rings. The van der Waals surface area contributed by atoms with Crippen molar-refractivity contribution in [2.24, 2.45) is 4.99 Å². The number of likely N-dealkylation sites (tertiary alicyclic amines) is 1. The van der Waals surface area contributed by atoms with Crippen LogP contribution in [0.3, 0.4) is 0 Å². The Kier molecular flexibility index (Phi) is 8.27. The average molecular weight is 422 g/mol. The molecule has 1 saturated heterocycles. The van der Waals surface area contributed by atoms with Gasteiger partial charge in [0.2, 0.25) is 11.7 Å². The normalized spacial score (nSPS) is 15.7. The fraction of sp³-hybridized carbons (Fsp3) is 0.550. The summed E-state index contributed by atoms with van der Waals surface area (Å²) in [7, 11) is 3.49. The molecule has 2 aromatic rings. The van der Waals surface area contributed by atoms with Crippen molar-refractivity contribution >= 4 is 17.6 Å². The molecule has 0 atom stereocenters. The second-order valence-corrected chi connectivity index (χ2v) is 7.26. The zero-order valence-electron chi connectivity index (χ0n) is 16.9. The number of guanidine groups is 1. The van der Waals surface area contributed by atoms with Gasteiger partial charge in [-0.15, -0.1) is 0 Å². The maximum Gasteiger partial charge on any atom is 0.246 e. The number of aliphatic imine (C=N–C) groups is 1. The first kappa shape index (κ1) is 21.5. The highest BCUT2D eigenvalue weighted by Gasteiger charge is 2.22. The molecule has 1 aliphatic heterocycles. The Hall–Kier alpha value is -2.16. The molecule has 1 N–H and O–H groups in total. The highest BCUT2D eigenvalue weighted by molar-refractivity contribution is 6.30. The van der Waals surface area contributed by atoms with Gasteiger partial charge in [0.1, 0.15) is 0 Å². The summed E-state index contributed by atoms with van der Waals surface area (Å²) in [4.78, 5) is 11.0. The van der Waals surface area contributed by atoms with Gasteiger partial charge >= 0.3 is 0 Å². The smallest absolute Gasteiger partial charge is 0.246 e. The molecule has 0 aliphatic carbocycles. The monoisotopic (exact) mass is 421 g/mol. The Morgan fingerprint density at radius 1 is 1.34 bits per heavy atom. The van der Waals surface area contributed by atoms with Gasteiger partial charge in [-0.05, 0) is 31.4 Å². The van der Waals surface area contributed by atoms with Crippen LogP contribution in [0.25, 0.3) is 11.4 Å². The van der Waals surface area contributed by atoms with E-state index in [1.807, 2.05) is 24.3 Å². The third kappa shape index (κ3) is 6.42. The molecule has 1 aliphatic rings. The molecule has 1 aromatic carbocycles. The van der Waals surface area contributed by atoms with Gasteiger partial charge in [0.25, 0.3) is 0 Å². The van der Waals surface area contributed by atoms with Gasteiger partial charge in [-0.1, -0.05) is 28.9 Å². The number of halogens is 1. The number of hydrogen-bond donors (Lipinski definition) is 1. The molecular formula is C20H28ClN5O3. The molecule has 29 heavy (non-hydrogen) atoms. The van der Waals surface area contributed by atoms with E-state index < -0.39 is 0 Å². The minimum atomic E-state index is 0.303. The van der Waals surface area contributed by atoms with Crippen LogP contribution in [-0.2, 0) is 16.0 Å². The van der Waals surface area contributed by atoms with Gasteiger partial charge < -0.3 is 24.2 Å². The SMILES string of the molecule is CN=C(NCc1nc(-c2cccc(Cl)c2)no1)N1CCC(OCCCOC)CC1. The Morgan fingerprint density at radius 3 is 2.90 bits per heavy atom. The van der Waals surface area contributed by atoms with E-state index in [2.05, 4.69) is 25.3 Å². The molecule has 0 spiro atoms. The highest BCUT2D eigenvalue weighted by Crippen LogP contribution is 2.20. The fourth-order valence-electron chi connectivity index (χ4n) is 3.25. The lowest BCUT2D eigenvalue weighted by molar-refractivity contribution is 0.00987. The van der Waals surface area contributed by atoms with Gasteiger partial charge in [-0.3, -0.25) is 4.99 Å². The molecule has 2 heterocycles. The predicted molar refractivity (Wildman–Crippen MR) is 112 cm³/mol. The maximum atomic E-state index is 6.03. The Morgan fingerprint density at radius 2 is 2.17 bits per heavy atom. The van der Waals surface area contributed by atoms with E-state index >= 15 is 0 Å². The molecule has 1 aromatic heterocycles. The van der Waals surface area contributed by atoms with Crippen molar-refractivity contribution in [3.8, 4) is 11.4 Å². The lowest BCUT2D eigenvalue weighted by Gasteiger charge is -2.34. The van der Waals surface area contributed by atoms with Crippen LogP contribution in [0, 0.1) is 0 Å². The van der Waals surface area contributed by atoms with E-state index in [1.165, 1.54) is 0 Å². The molecule has 9 heteroatoms. The van der Waals surface area contributed by atoms with Crippen molar-refractivity contribution in [1.29, 1.82) is 0 Å². The van der Waals surface area contributed by atoms with Crippen LogP contribution in [0.2, 0.25) is 5.02 Å². The maximum absolute atomic E-state index is 6.03. The van der Waals surface area contributed by atoms with Crippen LogP contribution in [0.15, 0.2) is 33.8 Å². The Bertz CT molecular complexity index is 790. The van der Waals surface area contributed by atoms with Crippen molar-refractivity contribution in [1.82, 2.24) is 20.4 Å². The number of piperidine rings is 1. The number of methoxy groups -OCH3 is 1. The van der Waals surface area contributed by atoms with Crippen molar-refractivity contribution in [3.05, 3.63) is 35.2 Å². The summed E-state index contributed by atoms with van der Waals surface area (Å²) in [5.41, 5.74) is 0.824. The quantitative estimate of drug-likeness (QED) is 0.398. The molecule has 0 bridgehead atoms. The topological polar surface area (TPSA) is 85.0 Å². The van der Waals surface area contributed by atoms with E-state index in [9.17, 15) is 0 Å². The first-order chi connectivity index (χ1) is 14.2. The number of nitrogens with zero attached hydrogens (tertiary/aromatic N) is 4. The van der Waals surface area contributed by atoms with Crippen LogP contribution in [0.1, 0.15) is 25.2 Å². The summed E-state index contributed by atoms with van der Waals surface area (Å²) in [6.45, 7) is 3.69. The van der Waals surface area contributed by atoms with Crippen molar-refractivity contribution < 1.29 is 14.0 Å². The lowest BCUT2D eigenvalue weighted by atomic mass is 10.1. The van der Waals surface area contributed by atoms with Crippen molar-refractivity contribution in [3.63, 3.8) is 0 Å². The second kappa shape index (κ2) is 11.1. The zero-order valence-corrected chi connectivity index (χ0v) is 17.7. The first-order valence-corrected chi connectivity index (χ1v) is 10.2. The van der Waals surface area contributed by atoms with Gasteiger partial charge in [0.15, 0.2) is 5.96 Å². The summed E-state index contributed by atoms with van der Waals surface area (Å²) in [5.74, 6) is 1.84. The molecule has 0 unspecified atom stereocenters. The Labute approximate surface area is 176 Å². The van der Waals surface area contributed by atoms with E-state index in [-0.39, 0.29) is 0 Å². The largest absolute Gasteiger partial charge is 0.385 e. The van der Waals surface area contributed by atoms with Crippen LogP contribution in [0.5, 0.6) is 0 Å². The summed E-state index contributed by atoms with van der Waals surface area (Å²) >= 11 is 6.03. The van der Waals surface area contributed by atoms with E-state index in [1.54, 1.807) is 14.2 Å². The minimum Gasteiger partial charge on any atom is -0.385 e. The van der Waals surface area contributed by atoms with Crippen LogP contribution >= 0.6 is 11.6 Å². The number of rotatable bonds is 8. The predicted octanol–water partition coefficient (Wildman–Crippen LogP) is 2.98. The highest BCUT2D eigenvalue weighted by atomic mass is 35.5. The van der Waals surface area contributed by atoms with Crippen molar-refractivity contribution in [2.75, 3.05) is 40.5 Å². The second-order valence-electron chi connectivity index (χ2n) is 6.83.